The second-order valence-corrected chi connectivity index (χ2v) is 4.73. The Morgan fingerprint density at radius 1 is 1.58 bits per heavy atom. The Morgan fingerprint density at radius 2 is 2.37 bits per heavy atom. The van der Waals surface area contributed by atoms with Crippen LogP contribution in [0.15, 0.2) is 11.9 Å². The number of carbonyl (C=O) groups excluding carboxylic acids is 1. The van der Waals surface area contributed by atoms with Gasteiger partial charge in [-0.3, -0.25) is 0 Å². The number of nitrogens with one attached hydrogen (secondary N) is 2. The lowest BCUT2D eigenvalue weighted by Crippen LogP contribution is -2.60. The number of aliphatic hydroxyl groups is 2. The van der Waals surface area contributed by atoms with Crippen LogP contribution in [0.25, 0.3) is 0 Å². The summed E-state index contributed by atoms with van der Waals surface area (Å²) in [6.07, 6.45) is 2.15. The minimum Gasteiger partial charge on any atom is -0.464 e. The topological polar surface area (TPSA) is 94.1 Å². The summed E-state index contributed by atoms with van der Waals surface area (Å²) in [6, 6.07) is -0.326. The molecule has 0 saturated carbocycles. The number of nitrogens with zero attached hydrogens (tertiary/aromatic N) is 1. The average Bonchev–Trinajstić information content (AvgIpc) is 2.26. The molecule has 1 saturated heterocycles. The van der Waals surface area contributed by atoms with E-state index in [1.54, 1.807) is 4.90 Å². The summed E-state index contributed by atoms with van der Waals surface area (Å²) < 4.78 is 5.18. The number of rotatable bonds is 5. The van der Waals surface area contributed by atoms with Gasteiger partial charge in [0, 0.05) is 6.54 Å². The first-order chi connectivity index (χ1) is 9.11. The van der Waals surface area contributed by atoms with E-state index < -0.39 is 12.6 Å². The van der Waals surface area contributed by atoms with E-state index in [-0.39, 0.29) is 12.0 Å². The van der Waals surface area contributed by atoms with Crippen molar-refractivity contribution in [3.63, 3.8) is 0 Å². The smallest absolute Gasteiger partial charge is 0.328 e. The minimum atomic E-state index is -1.02. The van der Waals surface area contributed by atoms with Gasteiger partial charge in [0.15, 0.2) is 6.35 Å². The Labute approximate surface area is 112 Å². The molecule has 1 unspecified atom stereocenters. The van der Waals surface area contributed by atoms with Crippen LogP contribution in [0.1, 0.15) is 26.2 Å². The maximum absolute atomic E-state index is 11.9. The van der Waals surface area contributed by atoms with Crippen molar-refractivity contribution in [3.8, 4) is 0 Å². The van der Waals surface area contributed by atoms with Gasteiger partial charge in [-0.2, -0.15) is 0 Å². The Kier molecular flexibility index (Phi) is 4.62. The molecular weight excluding hydrogens is 250 g/mol. The summed E-state index contributed by atoms with van der Waals surface area (Å²) >= 11 is 0. The molecule has 2 aliphatic rings. The molecule has 108 valence electrons. The van der Waals surface area contributed by atoms with Gasteiger partial charge in [-0.05, 0) is 18.9 Å². The van der Waals surface area contributed by atoms with Crippen LogP contribution in [-0.4, -0.2) is 52.9 Å². The van der Waals surface area contributed by atoms with Crippen LogP contribution in [-0.2, 0) is 9.53 Å². The van der Waals surface area contributed by atoms with Gasteiger partial charge < -0.3 is 25.2 Å². The predicted molar refractivity (Wildman–Crippen MR) is 67.3 cm³/mol. The first kappa shape index (κ1) is 14.1. The molecule has 0 amide bonds. The van der Waals surface area contributed by atoms with Gasteiger partial charge in [-0.15, -0.1) is 0 Å². The molecule has 3 atom stereocenters. The Bertz CT molecular complexity index is 361. The molecule has 7 nitrogen and oxygen atoms in total. The number of ether oxygens (including phenoxy) is 1. The van der Waals surface area contributed by atoms with Crippen molar-refractivity contribution in [2.75, 3.05) is 13.2 Å². The fraction of sp³-hybridized carbons (Fsp3) is 0.750. The van der Waals surface area contributed by atoms with Crippen molar-refractivity contribution in [1.29, 1.82) is 0 Å². The maximum Gasteiger partial charge on any atom is 0.328 e. The molecule has 19 heavy (non-hydrogen) atoms. The monoisotopic (exact) mass is 271 g/mol. The van der Waals surface area contributed by atoms with Crippen LogP contribution in [0.3, 0.4) is 0 Å². The van der Waals surface area contributed by atoms with Gasteiger partial charge in [0.1, 0.15) is 18.1 Å². The molecule has 0 aromatic heterocycles. The molecule has 0 spiro atoms. The third-order valence-corrected chi connectivity index (χ3v) is 3.27. The number of hydrogen-bond acceptors (Lipinski definition) is 7. The van der Waals surface area contributed by atoms with E-state index in [1.807, 2.05) is 6.92 Å². The van der Waals surface area contributed by atoms with Crippen molar-refractivity contribution in [2.45, 2.75) is 44.8 Å². The fourth-order valence-electron chi connectivity index (χ4n) is 2.10. The summed E-state index contributed by atoms with van der Waals surface area (Å²) in [6.45, 7) is 3.18. The second kappa shape index (κ2) is 6.23. The molecule has 0 aromatic rings. The lowest BCUT2D eigenvalue weighted by Gasteiger charge is -2.44. The van der Waals surface area contributed by atoms with Crippen molar-refractivity contribution in [2.24, 2.45) is 0 Å². The number of carbonyl (C=O) groups is 1. The highest BCUT2D eigenvalue weighted by molar-refractivity contribution is 5.77. The summed E-state index contributed by atoms with van der Waals surface area (Å²) in [5.74, 6) is 0.312. The molecule has 1 fully saturated rings. The van der Waals surface area contributed by atoms with Gasteiger partial charge >= 0.3 is 5.97 Å². The summed E-state index contributed by atoms with van der Waals surface area (Å²) in [5.41, 5.74) is 0. The van der Waals surface area contributed by atoms with Crippen LogP contribution in [0.4, 0.5) is 0 Å². The largest absolute Gasteiger partial charge is 0.464 e. The normalized spacial score (nSPS) is 30.2. The lowest BCUT2D eigenvalue weighted by atomic mass is 10.0. The number of likely N-dealkylation sites (tertiary alicyclic amines) is 1. The van der Waals surface area contributed by atoms with Crippen molar-refractivity contribution < 1.29 is 19.7 Å². The molecule has 0 aromatic carbocycles. The molecule has 0 radical (unpaired) electrons. The number of unbranched alkanes of at least 4 members (excludes halogenated alkanes) is 1. The second-order valence-electron chi connectivity index (χ2n) is 4.73. The van der Waals surface area contributed by atoms with E-state index in [2.05, 4.69) is 10.6 Å². The highest BCUT2D eigenvalue weighted by Crippen LogP contribution is 2.24. The van der Waals surface area contributed by atoms with Crippen molar-refractivity contribution in [1.82, 2.24) is 15.5 Å². The summed E-state index contributed by atoms with van der Waals surface area (Å²) in [5, 5.41) is 24.2. The van der Waals surface area contributed by atoms with Crippen LogP contribution in [0.5, 0.6) is 0 Å². The molecular formula is C12H21N3O4. The summed E-state index contributed by atoms with van der Waals surface area (Å²) in [7, 11) is 0. The maximum atomic E-state index is 11.9. The van der Waals surface area contributed by atoms with Crippen molar-refractivity contribution in [3.05, 3.63) is 11.9 Å². The van der Waals surface area contributed by atoms with Crippen molar-refractivity contribution >= 4 is 5.97 Å². The highest BCUT2D eigenvalue weighted by Gasteiger charge is 2.38. The number of hydrogen-bond donors (Lipinski definition) is 4. The predicted octanol–water partition coefficient (Wildman–Crippen LogP) is -0.967. The van der Waals surface area contributed by atoms with Gasteiger partial charge in [0.25, 0.3) is 0 Å². The molecule has 2 heterocycles. The number of aliphatic hydroxyl groups excluding tert-OH is 2. The molecule has 0 aliphatic carbocycles. The zero-order chi connectivity index (χ0) is 13.8. The molecule has 2 rings (SSSR count). The van der Waals surface area contributed by atoms with Crippen LogP contribution in [0.2, 0.25) is 0 Å². The quantitative estimate of drug-likeness (QED) is 0.378. The molecule has 0 bridgehead atoms. The minimum absolute atomic E-state index is 0.245. The average molecular weight is 271 g/mol. The van der Waals surface area contributed by atoms with Crippen LogP contribution in [0, 0.1) is 0 Å². The zero-order valence-corrected chi connectivity index (χ0v) is 11.0. The standard InChI is InChI=1S/C12H21N3O4/c1-2-3-6-19-11(17)8-4-5-15(8)9-7-10(16)14-12(18)13-9/h7-8,10,12-14,16,18H,2-6H2,1H3/t8?,10-,12-/m1/s1. The fourth-order valence-corrected chi connectivity index (χ4v) is 2.10. The molecule has 2 aliphatic heterocycles. The summed E-state index contributed by atoms with van der Waals surface area (Å²) in [4.78, 5) is 13.6. The van der Waals surface area contributed by atoms with Gasteiger partial charge in [0.05, 0.1) is 6.61 Å². The van der Waals surface area contributed by atoms with Crippen LogP contribution < -0.4 is 10.6 Å². The van der Waals surface area contributed by atoms with Gasteiger partial charge in [0.2, 0.25) is 0 Å². The van der Waals surface area contributed by atoms with E-state index >= 15 is 0 Å². The highest BCUT2D eigenvalue weighted by atomic mass is 16.5. The lowest BCUT2D eigenvalue weighted by molar-refractivity contribution is -0.154. The third-order valence-electron chi connectivity index (χ3n) is 3.27. The Balaban J connectivity index is 1.89. The molecule has 7 heteroatoms. The first-order valence-corrected chi connectivity index (χ1v) is 6.65. The molecule has 4 N–H and O–H groups in total. The van der Waals surface area contributed by atoms with Gasteiger partial charge in [-0.25, -0.2) is 10.1 Å². The van der Waals surface area contributed by atoms with Gasteiger partial charge in [-0.1, -0.05) is 13.3 Å². The zero-order valence-electron chi connectivity index (χ0n) is 11.0. The van der Waals surface area contributed by atoms with E-state index in [0.29, 0.717) is 19.0 Å². The van der Waals surface area contributed by atoms with Crippen LogP contribution >= 0.6 is 0 Å². The van der Waals surface area contributed by atoms with E-state index in [1.165, 1.54) is 6.08 Å². The Morgan fingerprint density at radius 3 is 2.95 bits per heavy atom. The Hall–Kier alpha value is -1.31. The first-order valence-electron chi connectivity index (χ1n) is 6.65. The van der Waals surface area contributed by atoms with E-state index in [4.69, 9.17) is 4.74 Å². The van der Waals surface area contributed by atoms with E-state index in [9.17, 15) is 15.0 Å². The van der Waals surface area contributed by atoms with E-state index in [0.717, 1.165) is 19.3 Å². The SMILES string of the molecule is CCCCOC(=O)C1CCN1C1=C[C@@H](O)N[C@H](O)N1. The number of esters is 1. The third kappa shape index (κ3) is 3.37.